The molecule has 19 heavy (non-hydrogen) atoms. The normalized spacial score (nSPS) is 27.3. The van der Waals surface area contributed by atoms with Gasteiger partial charge >= 0.3 is 0 Å². The average Bonchev–Trinajstić information content (AvgIpc) is 2.38. The van der Waals surface area contributed by atoms with Crippen molar-refractivity contribution in [2.24, 2.45) is 0 Å². The van der Waals surface area contributed by atoms with Gasteiger partial charge in [0.25, 0.3) is 0 Å². The Morgan fingerprint density at radius 2 is 2.00 bits per heavy atom. The van der Waals surface area contributed by atoms with Crippen LogP contribution < -0.4 is 10.6 Å². The van der Waals surface area contributed by atoms with E-state index in [1.807, 2.05) is 4.90 Å². The second-order valence-corrected chi connectivity index (χ2v) is 5.33. The number of amides is 2. The van der Waals surface area contributed by atoms with Gasteiger partial charge in [0, 0.05) is 26.1 Å². The Morgan fingerprint density at radius 3 is 2.63 bits per heavy atom. The van der Waals surface area contributed by atoms with Crippen molar-refractivity contribution >= 4 is 24.2 Å². The maximum absolute atomic E-state index is 12.3. The van der Waals surface area contributed by atoms with Gasteiger partial charge < -0.3 is 15.5 Å². The van der Waals surface area contributed by atoms with Crippen LogP contribution in [0.15, 0.2) is 0 Å². The Kier molecular flexibility index (Phi) is 6.58. The Balaban J connectivity index is 0.00000180. The van der Waals surface area contributed by atoms with Crippen LogP contribution in [0.5, 0.6) is 0 Å². The first kappa shape index (κ1) is 16.2. The second-order valence-electron chi connectivity index (χ2n) is 5.33. The first-order valence-corrected chi connectivity index (χ1v) is 6.96. The monoisotopic (exact) mass is 289 g/mol. The molecule has 2 saturated heterocycles. The number of piperidine rings is 2. The van der Waals surface area contributed by atoms with Crippen molar-refractivity contribution in [3.05, 3.63) is 0 Å². The van der Waals surface area contributed by atoms with Crippen LogP contribution in [0.3, 0.4) is 0 Å². The van der Waals surface area contributed by atoms with Crippen LogP contribution in [0.4, 0.5) is 0 Å². The molecule has 110 valence electrons. The molecular weight excluding hydrogens is 266 g/mol. The standard InChI is InChI=1S/C13H23N3O2.ClH/c1-10(17)15-11-5-4-8-16(9-11)13(18)12-6-2-3-7-14-12;/h11-12,14H,2-9H2,1H3,(H,15,17);1H. The van der Waals surface area contributed by atoms with Crippen LogP contribution in [-0.4, -0.2) is 48.4 Å². The average molecular weight is 290 g/mol. The fourth-order valence-corrected chi connectivity index (χ4v) is 2.87. The third kappa shape index (κ3) is 4.66. The summed E-state index contributed by atoms with van der Waals surface area (Å²) in [5, 5.41) is 6.21. The van der Waals surface area contributed by atoms with Crippen molar-refractivity contribution < 1.29 is 9.59 Å². The molecule has 0 aromatic rings. The Labute approximate surface area is 120 Å². The zero-order valence-electron chi connectivity index (χ0n) is 11.5. The quantitative estimate of drug-likeness (QED) is 0.786. The molecule has 0 bridgehead atoms. The molecular formula is C13H24ClN3O2. The number of hydrogen-bond acceptors (Lipinski definition) is 3. The fourth-order valence-electron chi connectivity index (χ4n) is 2.87. The molecule has 2 unspecified atom stereocenters. The molecule has 2 atom stereocenters. The first-order valence-electron chi connectivity index (χ1n) is 6.96. The lowest BCUT2D eigenvalue weighted by atomic mass is 10.0. The fraction of sp³-hybridized carbons (Fsp3) is 0.846. The van der Waals surface area contributed by atoms with Gasteiger partial charge in [-0.1, -0.05) is 6.42 Å². The topological polar surface area (TPSA) is 61.4 Å². The zero-order valence-corrected chi connectivity index (χ0v) is 12.3. The van der Waals surface area contributed by atoms with Gasteiger partial charge in [-0.3, -0.25) is 9.59 Å². The van der Waals surface area contributed by atoms with Crippen LogP contribution in [0, 0.1) is 0 Å². The van der Waals surface area contributed by atoms with E-state index in [2.05, 4.69) is 10.6 Å². The lowest BCUT2D eigenvalue weighted by molar-refractivity contribution is -0.136. The minimum atomic E-state index is -0.00918. The van der Waals surface area contributed by atoms with Crippen molar-refractivity contribution in [1.82, 2.24) is 15.5 Å². The second kappa shape index (κ2) is 7.70. The van der Waals surface area contributed by atoms with Crippen LogP contribution in [0.1, 0.15) is 39.0 Å². The highest BCUT2D eigenvalue weighted by Crippen LogP contribution is 2.15. The first-order chi connectivity index (χ1) is 8.66. The van der Waals surface area contributed by atoms with Crippen LogP contribution in [0.2, 0.25) is 0 Å². The summed E-state index contributed by atoms with van der Waals surface area (Å²) in [6.45, 7) is 3.96. The largest absolute Gasteiger partial charge is 0.352 e. The Hall–Kier alpha value is -0.810. The molecule has 2 rings (SSSR count). The van der Waals surface area contributed by atoms with Crippen LogP contribution >= 0.6 is 12.4 Å². The number of nitrogens with one attached hydrogen (secondary N) is 2. The van der Waals surface area contributed by atoms with Gasteiger partial charge in [-0.2, -0.15) is 0 Å². The molecule has 0 radical (unpaired) electrons. The summed E-state index contributed by atoms with van der Waals surface area (Å²) >= 11 is 0. The Morgan fingerprint density at radius 1 is 1.21 bits per heavy atom. The molecule has 2 amide bonds. The lowest BCUT2D eigenvalue weighted by Gasteiger charge is -2.36. The van der Waals surface area contributed by atoms with Crippen LogP contribution in [-0.2, 0) is 9.59 Å². The van der Waals surface area contributed by atoms with E-state index in [0.717, 1.165) is 45.2 Å². The van der Waals surface area contributed by atoms with Crippen molar-refractivity contribution in [3.63, 3.8) is 0 Å². The number of carbonyl (C=O) groups is 2. The maximum Gasteiger partial charge on any atom is 0.239 e. The Bertz CT molecular complexity index is 319. The van der Waals surface area contributed by atoms with Crippen LogP contribution in [0.25, 0.3) is 0 Å². The summed E-state index contributed by atoms with van der Waals surface area (Å²) in [6, 6.07) is 0.124. The van der Waals surface area contributed by atoms with Crippen molar-refractivity contribution in [2.45, 2.75) is 51.1 Å². The molecule has 6 heteroatoms. The summed E-state index contributed by atoms with van der Waals surface area (Å²) < 4.78 is 0. The summed E-state index contributed by atoms with van der Waals surface area (Å²) in [5.41, 5.74) is 0. The molecule has 0 aromatic carbocycles. The van der Waals surface area contributed by atoms with Gasteiger partial charge in [-0.15, -0.1) is 12.4 Å². The molecule has 0 aliphatic carbocycles. The van der Waals surface area contributed by atoms with E-state index in [1.54, 1.807) is 0 Å². The molecule has 0 aromatic heterocycles. The molecule has 2 N–H and O–H groups in total. The van der Waals surface area contributed by atoms with Crippen molar-refractivity contribution in [2.75, 3.05) is 19.6 Å². The van der Waals surface area contributed by atoms with Crippen molar-refractivity contribution in [1.29, 1.82) is 0 Å². The maximum atomic E-state index is 12.3. The van der Waals surface area contributed by atoms with Gasteiger partial charge in [0.15, 0.2) is 0 Å². The highest BCUT2D eigenvalue weighted by Gasteiger charge is 2.29. The molecule has 0 saturated carbocycles. The van der Waals surface area contributed by atoms with Crippen molar-refractivity contribution in [3.8, 4) is 0 Å². The van der Waals surface area contributed by atoms with E-state index in [-0.39, 0.29) is 36.3 Å². The SMILES string of the molecule is CC(=O)NC1CCCN(C(=O)C2CCCCN2)C1.Cl. The number of nitrogens with zero attached hydrogens (tertiary/aromatic N) is 1. The lowest BCUT2D eigenvalue weighted by Crippen LogP contribution is -2.54. The van der Waals surface area contributed by atoms with E-state index in [9.17, 15) is 9.59 Å². The van der Waals surface area contributed by atoms with E-state index in [0.29, 0.717) is 6.54 Å². The van der Waals surface area contributed by atoms with Gasteiger partial charge in [-0.25, -0.2) is 0 Å². The zero-order chi connectivity index (χ0) is 13.0. The number of hydrogen-bond donors (Lipinski definition) is 2. The third-order valence-electron chi connectivity index (χ3n) is 3.75. The molecule has 0 spiro atoms. The molecule has 2 heterocycles. The molecule has 2 fully saturated rings. The highest BCUT2D eigenvalue weighted by atomic mass is 35.5. The van der Waals surface area contributed by atoms with Gasteiger partial charge in [0.05, 0.1) is 6.04 Å². The predicted octanol–water partition coefficient (Wildman–Crippen LogP) is 0.677. The predicted molar refractivity (Wildman–Crippen MR) is 76.3 cm³/mol. The number of rotatable bonds is 2. The van der Waals surface area contributed by atoms with Gasteiger partial charge in [0.1, 0.15) is 0 Å². The minimum absolute atomic E-state index is 0. The summed E-state index contributed by atoms with van der Waals surface area (Å²) in [7, 11) is 0. The molecule has 5 nitrogen and oxygen atoms in total. The van der Waals surface area contributed by atoms with E-state index < -0.39 is 0 Å². The van der Waals surface area contributed by atoms with E-state index >= 15 is 0 Å². The summed E-state index contributed by atoms with van der Waals surface area (Å²) in [6.07, 6.45) is 5.19. The third-order valence-corrected chi connectivity index (χ3v) is 3.75. The van der Waals surface area contributed by atoms with Gasteiger partial charge in [-0.05, 0) is 32.2 Å². The molecule has 2 aliphatic heterocycles. The number of likely N-dealkylation sites (tertiary alicyclic amines) is 1. The molecule has 2 aliphatic rings. The van der Waals surface area contributed by atoms with E-state index in [1.165, 1.54) is 6.92 Å². The number of halogens is 1. The summed E-state index contributed by atoms with van der Waals surface area (Å²) in [4.78, 5) is 25.3. The van der Waals surface area contributed by atoms with E-state index in [4.69, 9.17) is 0 Å². The minimum Gasteiger partial charge on any atom is -0.352 e. The number of carbonyl (C=O) groups excluding carboxylic acids is 2. The highest BCUT2D eigenvalue weighted by molar-refractivity contribution is 5.85. The smallest absolute Gasteiger partial charge is 0.239 e. The summed E-state index contributed by atoms with van der Waals surface area (Å²) in [5.74, 6) is 0.204. The van der Waals surface area contributed by atoms with Gasteiger partial charge in [0.2, 0.25) is 11.8 Å².